The molecule has 0 aliphatic heterocycles. The molecule has 88 valence electrons. The first-order chi connectivity index (χ1) is 7.65. The van der Waals surface area contributed by atoms with Crippen LogP contribution in [0.25, 0.3) is 0 Å². The second-order valence-electron chi connectivity index (χ2n) is 3.14. The average Bonchev–Trinajstić information content (AvgIpc) is 2.32. The van der Waals surface area contributed by atoms with E-state index in [9.17, 15) is 9.59 Å². The molecule has 0 bridgehead atoms. The number of ether oxygens (including phenoxy) is 1. The topological polar surface area (TPSA) is 88.8 Å². The lowest BCUT2D eigenvalue weighted by Gasteiger charge is -2.14. The first-order valence-electron chi connectivity index (χ1n) is 4.66. The Morgan fingerprint density at radius 3 is 2.62 bits per heavy atom. The van der Waals surface area contributed by atoms with Crippen LogP contribution in [0.15, 0.2) is 23.1 Å². The number of carbonyl (C=O) groups excluding carboxylic acids is 1. The fourth-order valence-corrected chi connectivity index (χ4v) is 1.30. The Kier molecular flexibility index (Phi) is 4.21. The van der Waals surface area contributed by atoms with Crippen molar-refractivity contribution in [2.24, 2.45) is 0 Å². The Labute approximate surface area is 91.7 Å². The van der Waals surface area contributed by atoms with Crippen molar-refractivity contribution in [3.8, 4) is 0 Å². The summed E-state index contributed by atoms with van der Waals surface area (Å²) in [6.45, 7) is -0.776. The van der Waals surface area contributed by atoms with Crippen LogP contribution in [0.5, 0.6) is 0 Å². The molecule has 0 atom stereocenters. The predicted octanol–water partition coefficient (Wildman–Crippen LogP) is -0.839. The van der Waals surface area contributed by atoms with Gasteiger partial charge in [-0.2, -0.15) is 0 Å². The van der Waals surface area contributed by atoms with Gasteiger partial charge in [0.05, 0.1) is 26.4 Å². The molecular formula is C10H13NO5. The van der Waals surface area contributed by atoms with Gasteiger partial charge in [0.25, 0.3) is 5.56 Å². The van der Waals surface area contributed by atoms with Gasteiger partial charge in [0.15, 0.2) is 0 Å². The number of hydrogen-bond donors (Lipinski definition) is 2. The van der Waals surface area contributed by atoms with E-state index in [0.717, 1.165) is 4.57 Å². The van der Waals surface area contributed by atoms with Crippen LogP contribution in [0.2, 0.25) is 0 Å². The second-order valence-corrected chi connectivity index (χ2v) is 3.14. The van der Waals surface area contributed by atoms with Crippen molar-refractivity contribution in [3.05, 3.63) is 34.2 Å². The molecule has 1 heterocycles. The van der Waals surface area contributed by atoms with Crippen LogP contribution in [-0.4, -0.2) is 41.1 Å². The largest absolute Gasteiger partial charge is 0.465 e. The van der Waals surface area contributed by atoms with E-state index in [1.165, 1.54) is 25.4 Å². The third kappa shape index (κ3) is 2.29. The van der Waals surface area contributed by atoms with Gasteiger partial charge in [0, 0.05) is 6.20 Å². The smallest absolute Gasteiger partial charge is 0.343 e. The number of aromatic nitrogens is 1. The number of esters is 1. The summed E-state index contributed by atoms with van der Waals surface area (Å²) in [5.74, 6) is -0.742. The number of aliphatic hydroxyl groups excluding tert-OH is 2. The van der Waals surface area contributed by atoms with Crippen molar-refractivity contribution in [1.29, 1.82) is 0 Å². The van der Waals surface area contributed by atoms with E-state index in [1.54, 1.807) is 0 Å². The fraction of sp³-hybridized carbons (Fsp3) is 0.400. The van der Waals surface area contributed by atoms with E-state index in [4.69, 9.17) is 10.2 Å². The summed E-state index contributed by atoms with van der Waals surface area (Å²) in [5.41, 5.74) is -0.723. The van der Waals surface area contributed by atoms with E-state index in [2.05, 4.69) is 4.74 Å². The number of aliphatic hydroxyl groups is 2. The molecule has 0 aliphatic rings. The van der Waals surface area contributed by atoms with Crippen LogP contribution in [0.4, 0.5) is 0 Å². The van der Waals surface area contributed by atoms with Gasteiger partial charge >= 0.3 is 5.97 Å². The summed E-state index contributed by atoms with van der Waals surface area (Å²) in [7, 11) is 1.18. The minimum absolute atomic E-state index is 0.128. The lowest BCUT2D eigenvalue weighted by Crippen LogP contribution is -2.32. The van der Waals surface area contributed by atoms with Crippen LogP contribution in [0.1, 0.15) is 16.4 Å². The highest BCUT2D eigenvalue weighted by molar-refractivity contribution is 5.88. The zero-order valence-corrected chi connectivity index (χ0v) is 8.79. The highest BCUT2D eigenvalue weighted by Gasteiger charge is 2.16. The highest BCUT2D eigenvalue weighted by Crippen LogP contribution is 2.02. The Morgan fingerprint density at radius 2 is 2.12 bits per heavy atom. The predicted molar refractivity (Wildman–Crippen MR) is 55.3 cm³/mol. The summed E-state index contributed by atoms with van der Waals surface area (Å²) in [5, 5.41) is 17.9. The van der Waals surface area contributed by atoms with Gasteiger partial charge < -0.3 is 19.5 Å². The molecule has 0 aromatic carbocycles. The Hall–Kier alpha value is -1.66. The maximum absolute atomic E-state index is 11.8. The van der Waals surface area contributed by atoms with E-state index < -0.39 is 17.6 Å². The van der Waals surface area contributed by atoms with Gasteiger partial charge in [-0.25, -0.2) is 4.79 Å². The van der Waals surface area contributed by atoms with Crippen LogP contribution in [0, 0.1) is 0 Å². The molecular weight excluding hydrogens is 214 g/mol. The zero-order chi connectivity index (χ0) is 12.1. The van der Waals surface area contributed by atoms with Gasteiger partial charge in [0.1, 0.15) is 5.56 Å². The Bertz CT molecular complexity index is 421. The molecule has 0 saturated carbocycles. The van der Waals surface area contributed by atoms with E-state index in [1.807, 2.05) is 0 Å². The minimum atomic E-state index is -0.753. The van der Waals surface area contributed by atoms with Gasteiger partial charge in [-0.3, -0.25) is 4.79 Å². The second kappa shape index (κ2) is 5.43. The number of carbonyl (C=O) groups is 1. The van der Waals surface area contributed by atoms with E-state index >= 15 is 0 Å². The van der Waals surface area contributed by atoms with Crippen molar-refractivity contribution in [3.63, 3.8) is 0 Å². The van der Waals surface area contributed by atoms with Gasteiger partial charge in [0.2, 0.25) is 0 Å². The number of nitrogens with zero attached hydrogens (tertiary/aromatic N) is 1. The van der Waals surface area contributed by atoms with Crippen molar-refractivity contribution >= 4 is 5.97 Å². The molecule has 0 fully saturated rings. The SMILES string of the molecule is COC(=O)c1cccn(C(CO)CO)c1=O. The zero-order valence-electron chi connectivity index (χ0n) is 8.79. The standard InChI is InChI=1S/C10H13NO5/c1-16-10(15)8-3-2-4-11(9(8)14)7(5-12)6-13/h2-4,7,12-13H,5-6H2,1H3. The summed E-state index contributed by atoms with van der Waals surface area (Å²) >= 11 is 0. The number of methoxy groups -OCH3 is 1. The molecule has 1 aromatic rings. The van der Waals surface area contributed by atoms with E-state index in [-0.39, 0.29) is 18.8 Å². The van der Waals surface area contributed by atoms with Crippen molar-refractivity contribution < 1.29 is 19.7 Å². The number of pyridine rings is 1. The van der Waals surface area contributed by atoms with Crippen molar-refractivity contribution in [1.82, 2.24) is 4.57 Å². The van der Waals surface area contributed by atoms with Crippen LogP contribution < -0.4 is 5.56 Å². The van der Waals surface area contributed by atoms with Crippen molar-refractivity contribution in [2.75, 3.05) is 20.3 Å². The van der Waals surface area contributed by atoms with Gasteiger partial charge in [-0.05, 0) is 12.1 Å². The quantitative estimate of drug-likeness (QED) is 0.655. The molecule has 1 aromatic heterocycles. The lowest BCUT2D eigenvalue weighted by atomic mass is 10.2. The molecule has 1 rings (SSSR count). The van der Waals surface area contributed by atoms with Crippen molar-refractivity contribution in [2.45, 2.75) is 6.04 Å². The molecule has 0 radical (unpaired) electrons. The van der Waals surface area contributed by atoms with Crippen LogP contribution >= 0.6 is 0 Å². The molecule has 2 N–H and O–H groups in total. The monoisotopic (exact) mass is 227 g/mol. The summed E-state index contributed by atoms with van der Waals surface area (Å²) in [6, 6.07) is 2.06. The first kappa shape index (κ1) is 12.4. The molecule has 0 unspecified atom stereocenters. The summed E-state index contributed by atoms with van der Waals surface area (Å²) in [6.07, 6.45) is 1.39. The molecule has 0 amide bonds. The summed E-state index contributed by atoms with van der Waals surface area (Å²) < 4.78 is 5.55. The Morgan fingerprint density at radius 1 is 1.50 bits per heavy atom. The van der Waals surface area contributed by atoms with Crippen LogP contribution in [0.3, 0.4) is 0 Å². The van der Waals surface area contributed by atoms with Gasteiger partial charge in [-0.1, -0.05) is 0 Å². The lowest BCUT2D eigenvalue weighted by molar-refractivity contribution is 0.0596. The van der Waals surface area contributed by atoms with Crippen LogP contribution in [-0.2, 0) is 4.74 Å². The van der Waals surface area contributed by atoms with E-state index in [0.29, 0.717) is 0 Å². The molecule has 0 spiro atoms. The molecule has 16 heavy (non-hydrogen) atoms. The third-order valence-corrected chi connectivity index (χ3v) is 2.19. The highest BCUT2D eigenvalue weighted by atomic mass is 16.5. The van der Waals surface area contributed by atoms with Gasteiger partial charge in [-0.15, -0.1) is 0 Å². The minimum Gasteiger partial charge on any atom is -0.465 e. The molecule has 0 aliphatic carbocycles. The Balaban J connectivity index is 3.23. The normalized spacial score (nSPS) is 10.5. The number of rotatable bonds is 4. The molecule has 6 heteroatoms. The summed E-state index contributed by atoms with van der Waals surface area (Å²) in [4.78, 5) is 23.0. The fourth-order valence-electron chi connectivity index (χ4n) is 1.30. The average molecular weight is 227 g/mol. The maximum Gasteiger partial charge on any atom is 0.343 e. The number of hydrogen-bond acceptors (Lipinski definition) is 5. The third-order valence-electron chi connectivity index (χ3n) is 2.19. The molecule has 6 nitrogen and oxygen atoms in total. The maximum atomic E-state index is 11.8. The first-order valence-corrected chi connectivity index (χ1v) is 4.66. The molecule has 0 saturated heterocycles.